The molecule has 1 heterocycles. The summed E-state index contributed by atoms with van der Waals surface area (Å²) in [6.07, 6.45) is 1.94. The predicted molar refractivity (Wildman–Crippen MR) is 148 cm³/mol. The van der Waals surface area contributed by atoms with E-state index in [0.717, 1.165) is 30.0 Å². The number of carbonyl (C=O) groups excluding carboxylic acids is 2. The Kier molecular flexibility index (Phi) is 8.44. The highest BCUT2D eigenvalue weighted by Crippen LogP contribution is 2.33. The molecule has 1 aliphatic heterocycles. The van der Waals surface area contributed by atoms with E-state index in [0.29, 0.717) is 17.5 Å². The minimum absolute atomic E-state index is 0.0802. The fourth-order valence-corrected chi connectivity index (χ4v) is 4.99. The van der Waals surface area contributed by atoms with Gasteiger partial charge in [-0.25, -0.2) is 4.99 Å². The first-order valence-corrected chi connectivity index (χ1v) is 13.2. The Morgan fingerprint density at radius 3 is 2.14 bits per heavy atom. The van der Waals surface area contributed by atoms with Crippen molar-refractivity contribution in [2.45, 2.75) is 45.3 Å². The number of benzene rings is 3. The summed E-state index contributed by atoms with van der Waals surface area (Å²) in [5.41, 5.74) is 4.55. The molecule has 0 aromatic heterocycles. The number of aliphatic imine (C=N–C) groups is 1. The molecule has 1 fully saturated rings. The third kappa shape index (κ3) is 6.15. The minimum atomic E-state index is -0.594. The van der Waals surface area contributed by atoms with Crippen LogP contribution in [0.1, 0.15) is 38.3 Å². The summed E-state index contributed by atoms with van der Waals surface area (Å²) in [5, 5.41) is 2.83. The van der Waals surface area contributed by atoms with Gasteiger partial charge in [0.25, 0.3) is 0 Å². The van der Waals surface area contributed by atoms with Crippen molar-refractivity contribution in [1.82, 2.24) is 0 Å². The van der Waals surface area contributed by atoms with Crippen molar-refractivity contribution in [2.24, 2.45) is 4.99 Å². The molecule has 0 saturated carbocycles. The predicted octanol–water partition coefficient (Wildman–Crippen LogP) is 6.38. The highest BCUT2D eigenvalue weighted by molar-refractivity contribution is 8.15. The first kappa shape index (κ1) is 25.5. The van der Waals surface area contributed by atoms with Crippen molar-refractivity contribution in [3.05, 3.63) is 83.9 Å². The van der Waals surface area contributed by atoms with Crippen molar-refractivity contribution in [2.75, 3.05) is 16.8 Å². The van der Waals surface area contributed by atoms with E-state index >= 15 is 0 Å². The van der Waals surface area contributed by atoms with Gasteiger partial charge in [0.1, 0.15) is 11.0 Å². The topological polar surface area (TPSA) is 71.0 Å². The molecule has 1 aliphatic rings. The molecular weight excluding hydrogens is 470 g/mol. The van der Waals surface area contributed by atoms with Gasteiger partial charge < -0.3 is 10.1 Å². The molecule has 4 rings (SSSR count). The Morgan fingerprint density at radius 2 is 1.56 bits per heavy atom. The molecule has 3 aromatic carbocycles. The van der Waals surface area contributed by atoms with Gasteiger partial charge in [-0.2, -0.15) is 0 Å². The van der Waals surface area contributed by atoms with Crippen molar-refractivity contribution >= 4 is 45.8 Å². The lowest BCUT2D eigenvalue weighted by Crippen LogP contribution is -2.45. The Balaban J connectivity index is 1.59. The Bertz CT molecular complexity index is 1220. The fraction of sp³-hybridized carbons (Fsp3) is 0.276. The number of rotatable bonds is 8. The van der Waals surface area contributed by atoms with Gasteiger partial charge in [0.05, 0.1) is 18.0 Å². The lowest BCUT2D eigenvalue weighted by Gasteiger charge is -2.32. The summed E-state index contributed by atoms with van der Waals surface area (Å²) in [6, 6.07) is 23.1. The van der Waals surface area contributed by atoms with E-state index in [1.54, 1.807) is 17.0 Å². The van der Waals surface area contributed by atoms with Crippen LogP contribution in [0.4, 0.5) is 17.1 Å². The van der Waals surface area contributed by atoms with E-state index in [-0.39, 0.29) is 18.2 Å². The van der Waals surface area contributed by atoms with Gasteiger partial charge in [0.15, 0.2) is 5.17 Å². The van der Waals surface area contributed by atoms with Gasteiger partial charge in [-0.15, -0.1) is 0 Å². The summed E-state index contributed by atoms with van der Waals surface area (Å²) in [6.45, 7) is 6.70. The normalized spacial score (nSPS) is 16.8. The Morgan fingerprint density at radius 1 is 0.944 bits per heavy atom. The number of carbonyl (C=O) groups is 2. The number of thioether (sulfide) groups is 1. The van der Waals surface area contributed by atoms with Crippen molar-refractivity contribution in [3.8, 4) is 5.75 Å². The number of hydrogen-bond donors (Lipinski definition) is 1. The number of amidine groups is 1. The molecular formula is C29H31N3O3S. The van der Waals surface area contributed by atoms with Crippen LogP contribution in [0.25, 0.3) is 0 Å². The third-order valence-corrected chi connectivity index (χ3v) is 7.10. The van der Waals surface area contributed by atoms with Crippen LogP contribution in [0, 0.1) is 0 Å². The van der Waals surface area contributed by atoms with E-state index in [1.807, 2.05) is 67.6 Å². The van der Waals surface area contributed by atoms with E-state index in [2.05, 4.69) is 19.2 Å². The van der Waals surface area contributed by atoms with Crippen LogP contribution in [-0.2, 0) is 22.4 Å². The SMILES string of the molecule is CCOc1ccc(NC(=O)C2CC(=O)N(c3ccc(CC)cc3)C(=Nc3ccc(CC)cc3)S2)cc1. The van der Waals surface area contributed by atoms with Crippen molar-refractivity contribution in [3.63, 3.8) is 0 Å². The smallest absolute Gasteiger partial charge is 0.238 e. The molecule has 0 aliphatic carbocycles. The van der Waals surface area contributed by atoms with E-state index in [1.165, 1.54) is 22.9 Å². The van der Waals surface area contributed by atoms with Gasteiger partial charge in [0, 0.05) is 12.1 Å². The molecule has 2 amide bonds. The number of ether oxygens (including phenoxy) is 1. The molecule has 3 aromatic rings. The number of nitrogens with zero attached hydrogens (tertiary/aromatic N) is 2. The summed E-state index contributed by atoms with van der Waals surface area (Å²) in [7, 11) is 0. The van der Waals surface area contributed by atoms with Crippen LogP contribution in [-0.4, -0.2) is 28.8 Å². The summed E-state index contributed by atoms with van der Waals surface area (Å²) >= 11 is 1.31. The standard InChI is InChI=1S/C29H31N3O3S/c1-4-20-7-11-23(12-8-20)31-29-32(24-15-9-21(5-2)10-16-24)27(33)19-26(36-29)28(34)30-22-13-17-25(18-14-22)35-6-3/h7-18,26H,4-6,19H2,1-3H3,(H,30,34). The fourth-order valence-electron chi connectivity index (χ4n) is 3.88. The second-order valence-corrected chi connectivity index (χ2v) is 9.59. The Hall–Kier alpha value is -3.58. The molecule has 186 valence electrons. The second kappa shape index (κ2) is 11.9. The van der Waals surface area contributed by atoms with Crippen LogP contribution in [0.15, 0.2) is 77.8 Å². The van der Waals surface area contributed by atoms with E-state index in [9.17, 15) is 9.59 Å². The van der Waals surface area contributed by atoms with Gasteiger partial charge in [-0.1, -0.05) is 49.9 Å². The molecule has 7 heteroatoms. The summed E-state index contributed by atoms with van der Waals surface area (Å²) in [4.78, 5) is 32.9. The number of aryl methyl sites for hydroxylation is 2. The molecule has 0 bridgehead atoms. The molecule has 0 spiro atoms. The van der Waals surface area contributed by atoms with E-state index in [4.69, 9.17) is 9.73 Å². The van der Waals surface area contributed by atoms with Gasteiger partial charge >= 0.3 is 0 Å². The highest BCUT2D eigenvalue weighted by Gasteiger charge is 2.36. The first-order chi connectivity index (χ1) is 17.5. The van der Waals surface area contributed by atoms with Crippen molar-refractivity contribution in [1.29, 1.82) is 0 Å². The molecule has 1 N–H and O–H groups in total. The number of nitrogens with one attached hydrogen (secondary N) is 1. The zero-order valence-corrected chi connectivity index (χ0v) is 21.7. The van der Waals surface area contributed by atoms with E-state index < -0.39 is 5.25 Å². The number of hydrogen-bond acceptors (Lipinski definition) is 5. The lowest BCUT2D eigenvalue weighted by atomic mass is 10.1. The molecule has 0 radical (unpaired) electrons. The first-order valence-electron chi connectivity index (χ1n) is 12.3. The maximum Gasteiger partial charge on any atom is 0.238 e. The molecule has 1 atom stereocenters. The largest absolute Gasteiger partial charge is 0.494 e. The maximum absolute atomic E-state index is 13.4. The van der Waals surface area contributed by atoms with Gasteiger partial charge in [-0.05, 0) is 79.4 Å². The average Bonchev–Trinajstić information content (AvgIpc) is 2.90. The second-order valence-electron chi connectivity index (χ2n) is 8.42. The quantitative estimate of drug-likeness (QED) is 0.389. The van der Waals surface area contributed by atoms with Gasteiger partial charge in [-0.3, -0.25) is 14.5 Å². The van der Waals surface area contributed by atoms with Crippen LogP contribution in [0.5, 0.6) is 5.75 Å². The van der Waals surface area contributed by atoms with Crippen LogP contribution in [0.3, 0.4) is 0 Å². The number of anilines is 2. The van der Waals surface area contributed by atoms with Crippen LogP contribution >= 0.6 is 11.8 Å². The van der Waals surface area contributed by atoms with Crippen LogP contribution < -0.4 is 15.0 Å². The zero-order chi connectivity index (χ0) is 25.5. The molecule has 1 unspecified atom stereocenters. The minimum Gasteiger partial charge on any atom is -0.494 e. The van der Waals surface area contributed by atoms with Gasteiger partial charge in [0.2, 0.25) is 11.8 Å². The maximum atomic E-state index is 13.4. The number of amides is 2. The Labute approximate surface area is 216 Å². The lowest BCUT2D eigenvalue weighted by molar-refractivity contribution is -0.121. The monoisotopic (exact) mass is 501 g/mol. The molecule has 36 heavy (non-hydrogen) atoms. The van der Waals surface area contributed by atoms with Crippen molar-refractivity contribution < 1.29 is 14.3 Å². The average molecular weight is 502 g/mol. The molecule has 1 saturated heterocycles. The molecule has 6 nitrogen and oxygen atoms in total. The third-order valence-electron chi connectivity index (χ3n) is 5.95. The van der Waals surface area contributed by atoms with Crippen LogP contribution in [0.2, 0.25) is 0 Å². The summed E-state index contributed by atoms with van der Waals surface area (Å²) < 4.78 is 5.47. The zero-order valence-electron chi connectivity index (χ0n) is 20.9. The summed E-state index contributed by atoms with van der Waals surface area (Å²) in [5.74, 6) is 0.354. The highest BCUT2D eigenvalue weighted by atomic mass is 32.2.